The molecule has 1 aliphatic heterocycles. The van der Waals surface area contributed by atoms with Crippen LogP contribution in [0, 0.1) is 5.41 Å². The normalized spacial score (nSPS) is 14.5. The fourth-order valence-corrected chi connectivity index (χ4v) is 3.38. The van der Waals surface area contributed by atoms with Crippen molar-refractivity contribution in [3.8, 4) is 0 Å². The Kier molecular flexibility index (Phi) is 6.65. The van der Waals surface area contributed by atoms with Crippen molar-refractivity contribution in [3.05, 3.63) is 32.5 Å². The summed E-state index contributed by atoms with van der Waals surface area (Å²) in [6, 6.07) is 0. The first-order valence-corrected chi connectivity index (χ1v) is 10.7. The SMILES string of the molecule is CC(C)=CCn1c(N2CCN(C(=O)O)CC2)nc2[nH]c(=O)n(COC(=O)C(C)(C)C)c(=O)c21. The van der Waals surface area contributed by atoms with E-state index in [2.05, 4.69) is 9.97 Å². The molecule has 2 N–H and O–H groups in total. The van der Waals surface area contributed by atoms with Gasteiger partial charge in [0, 0.05) is 32.7 Å². The lowest BCUT2D eigenvalue weighted by Gasteiger charge is -2.33. The van der Waals surface area contributed by atoms with Crippen LogP contribution in [0.25, 0.3) is 11.2 Å². The highest BCUT2D eigenvalue weighted by Crippen LogP contribution is 2.21. The fraction of sp³-hybridized carbons (Fsp3) is 0.571. The van der Waals surface area contributed by atoms with Gasteiger partial charge in [0.15, 0.2) is 17.9 Å². The number of nitrogens with one attached hydrogen (secondary N) is 1. The van der Waals surface area contributed by atoms with E-state index in [9.17, 15) is 24.3 Å². The molecular formula is C21H30N6O6. The molecule has 1 aliphatic rings. The number of amides is 1. The molecule has 0 radical (unpaired) electrons. The van der Waals surface area contributed by atoms with Gasteiger partial charge < -0.3 is 24.2 Å². The van der Waals surface area contributed by atoms with Gasteiger partial charge in [0.1, 0.15) is 0 Å². The van der Waals surface area contributed by atoms with E-state index in [1.165, 1.54) is 4.90 Å². The zero-order chi connectivity index (χ0) is 24.5. The zero-order valence-electron chi connectivity index (χ0n) is 19.5. The number of aromatic nitrogens is 4. The zero-order valence-corrected chi connectivity index (χ0v) is 19.5. The van der Waals surface area contributed by atoms with E-state index >= 15 is 0 Å². The Morgan fingerprint density at radius 1 is 1.12 bits per heavy atom. The Balaban J connectivity index is 2.05. The molecule has 0 atom stereocenters. The quantitative estimate of drug-likeness (QED) is 0.498. The van der Waals surface area contributed by atoms with E-state index in [0.717, 1.165) is 10.1 Å². The molecule has 2 aromatic rings. The second kappa shape index (κ2) is 9.12. The van der Waals surface area contributed by atoms with Gasteiger partial charge in [-0.15, -0.1) is 0 Å². The van der Waals surface area contributed by atoms with Crippen LogP contribution in [0.2, 0.25) is 0 Å². The lowest BCUT2D eigenvalue weighted by Crippen LogP contribution is -2.49. The number of imidazole rings is 1. The molecule has 0 spiro atoms. The number of rotatable bonds is 5. The van der Waals surface area contributed by atoms with Gasteiger partial charge >= 0.3 is 17.8 Å². The van der Waals surface area contributed by atoms with Gasteiger partial charge in [0.05, 0.1) is 5.41 Å². The minimum absolute atomic E-state index is 0.126. The van der Waals surface area contributed by atoms with Crippen molar-refractivity contribution < 1.29 is 19.4 Å². The fourth-order valence-electron chi connectivity index (χ4n) is 3.38. The third kappa shape index (κ3) is 5.10. The second-order valence-electron chi connectivity index (χ2n) is 9.23. The van der Waals surface area contributed by atoms with Crippen molar-refractivity contribution in [2.24, 2.45) is 5.41 Å². The summed E-state index contributed by atoms with van der Waals surface area (Å²) in [7, 11) is 0. The van der Waals surface area contributed by atoms with Gasteiger partial charge in [-0.2, -0.15) is 4.98 Å². The van der Waals surface area contributed by atoms with Gasteiger partial charge in [0.25, 0.3) is 5.56 Å². The second-order valence-corrected chi connectivity index (χ2v) is 9.23. The first-order valence-electron chi connectivity index (χ1n) is 10.7. The molecule has 0 unspecified atom stereocenters. The summed E-state index contributed by atoms with van der Waals surface area (Å²) in [6.07, 6.45) is 0.942. The Morgan fingerprint density at radius 2 is 1.76 bits per heavy atom. The van der Waals surface area contributed by atoms with E-state index in [1.54, 1.807) is 25.3 Å². The number of carbonyl (C=O) groups excluding carboxylic acids is 1. The number of hydrogen-bond donors (Lipinski definition) is 2. The first kappa shape index (κ1) is 24.1. The number of aromatic amines is 1. The molecule has 12 heteroatoms. The van der Waals surface area contributed by atoms with Crippen LogP contribution in [-0.4, -0.2) is 67.4 Å². The van der Waals surface area contributed by atoms with Crippen LogP contribution >= 0.6 is 0 Å². The van der Waals surface area contributed by atoms with E-state index in [-0.39, 0.29) is 11.2 Å². The summed E-state index contributed by atoms with van der Waals surface area (Å²) >= 11 is 0. The molecule has 2 aromatic heterocycles. The van der Waals surface area contributed by atoms with Crippen LogP contribution in [-0.2, 0) is 22.8 Å². The smallest absolute Gasteiger partial charge is 0.407 e. The highest BCUT2D eigenvalue weighted by Gasteiger charge is 2.27. The number of ether oxygens (including phenoxy) is 1. The molecule has 1 saturated heterocycles. The van der Waals surface area contributed by atoms with Crippen molar-refractivity contribution in [2.75, 3.05) is 31.1 Å². The third-order valence-corrected chi connectivity index (χ3v) is 5.32. The summed E-state index contributed by atoms with van der Waals surface area (Å²) in [5.41, 5.74) is -0.807. The number of nitrogens with zero attached hydrogens (tertiary/aromatic N) is 5. The van der Waals surface area contributed by atoms with Crippen molar-refractivity contribution >= 4 is 29.2 Å². The highest BCUT2D eigenvalue weighted by molar-refractivity contribution is 5.75. The Hall–Kier alpha value is -3.57. The van der Waals surface area contributed by atoms with Gasteiger partial charge in [0.2, 0.25) is 5.95 Å². The van der Waals surface area contributed by atoms with E-state index in [1.807, 2.05) is 24.8 Å². The maximum Gasteiger partial charge on any atom is 0.407 e. The summed E-state index contributed by atoms with van der Waals surface area (Å²) in [4.78, 5) is 59.5. The third-order valence-electron chi connectivity index (χ3n) is 5.32. The predicted octanol–water partition coefficient (Wildman–Crippen LogP) is 1.20. The number of fused-ring (bicyclic) bond motifs is 1. The van der Waals surface area contributed by atoms with Gasteiger partial charge in [-0.05, 0) is 34.6 Å². The van der Waals surface area contributed by atoms with Crippen LogP contribution in [0.3, 0.4) is 0 Å². The number of allylic oxidation sites excluding steroid dienone is 2. The molecule has 180 valence electrons. The summed E-state index contributed by atoms with van der Waals surface area (Å²) in [6.45, 7) is 10.1. The maximum absolute atomic E-state index is 13.3. The number of carboxylic acid groups (broad SMARTS) is 1. The lowest BCUT2D eigenvalue weighted by atomic mass is 9.98. The monoisotopic (exact) mass is 462 g/mol. The Bertz CT molecular complexity index is 1200. The van der Waals surface area contributed by atoms with Gasteiger partial charge in [-0.25, -0.2) is 14.2 Å². The molecule has 1 amide bonds. The molecule has 3 rings (SSSR count). The van der Waals surface area contributed by atoms with Crippen LogP contribution < -0.4 is 16.1 Å². The summed E-state index contributed by atoms with van der Waals surface area (Å²) in [5.74, 6) is -0.0753. The van der Waals surface area contributed by atoms with Crippen molar-refractivity contribution in [1.29, 1.82) is 0 Å². The molecular weight excluding hydrogens is 432 g/mol. The van der Waals surface area contributed by atoms with Gasteiger partial charge in [-0.3, -0.25) is 14.6 Å². The average molecular weight is 463 g/mol. The largest absolute Gasteiger partial charge is 0.465 e. The van der Waals surface area contributed by atoms with Crippen molar-refractivity contribution in [3.63, 3.8) is 0 Å². The predicted molar refractivity (Wildman–Crippen MR) is 121 cm³/mol. The van der Waals surface area contributed by atoms with Crippen LogP contribution in [0.15, 0.2) is 21.2 Å². The molecule has 3 heterocycles. The van der Waals surface area contributed by atoms with Crippen molar-refractivity contribution in [1.82, 2.24) is 24.0 Å². The lowest BCUT2D eigenvalue weighted by molar-refractivity contribution is -0.157. The summed E-state index contributed by atoms with van der Waals surface area (Å²) in [5, 5.41) is 9.21. The van der Waals surface area contributed by atoms with Crippen molar-refractivity contribution in [2.45, 2.75) is 47.9 Å². The minimum Gasteiger partial charge on any atom is -0.465 e. The standard InChI is InChI=1S/C21H30N6O6/c1-13(2)6-7-26-14-15(22-18(26)24-8-10-25(11-9-24)20(31)32)23-19(30)27(16(14)28)12-33-17(29)21(3,4)5/h6H,7-12H2,1-5H3,(H,23,30)(H,31,32). The average Bonchev–Trinajstić information content (AvgIpc) is 3.09. The first-order chi connectivity index (χ1) is 15.4. The van der Waals surface area contributed by atoms with E-state index in [0.29, 0.717) is 38.7 Å². The number of hydrogen-bond acceptors (Lipinski definition) is 7. The maximum atomic E-state index is 13.3. The summed E-state index contributed by atoms with van der Waals surface area (Å²) < 4.78 is 7.72. The molecule has 0 aromatic carbocycles. The number of carbonyl (C=O) groups is 2. The number of esters is 1. The number of piperazine rings is 1. The highest BCUT2D eigenvalue weighted by atomic mass is 16.5. The van der Waals surface area contributed by atoms with Crippen LogP contribution in [0.1, 0.15) is 34.6 Å². The minimum atomic E-state index is -0.982. The van der Waals surface area contributed by atoms with Crippen LogP contribution in [0.4, 0.5) is 10.7 Å². The molecule has 0 bridgehead atoms. The molecule has 0 saturated carbocycles. The van der Waals surface area contributed by atoms with E-state index in [4.69, 9.17) is 4.74 Å². The molecule has 12 nitrogen and oxygen atoms in total. The number of anilines is 1. The Morgan fingerprint density at radius 3 is 2.30 bits per heavy atom. The van der Waals surface area contributed by atoms with Gasteiger partial charge in [-0.1, -0.05) is 11.6 Å². The molecule has 33 heavy (non-hydrogen) atoms. The molecule has 1 fully saturated rings. The molecule has 0 aliphatic carbocycles. The Labute approximate surface area is 190 Å². The number of H-pyrrole nitrogens is 1. The topological polar surface area (TPSA) is 143 Å². The van der Waals surface area contributed by atoms with E-state index < -0.39 is 35.5 Å². The van der Waals surface area contributed by atoms with Crippen LogP contribution in [0.5, 0.6) is 0 Å².